The van der Waals surface area contributed by atoms with Crippen molar-refractivity contribution in [2.24, 2.45) is 0 Å². The number of aliphatic carboxylic acids is 1. The van der Waals surface area contributed by atoms with Crippen LogP contribution in [0.1, 0.15) is 29.6 Å². The lowest BCUT2D eigenvalue weighted by Gasteiger charge is -2.22. The number of amides is 1. The van der Waals surface area contributed by atoms with Crippen LogP contribution in [0, 0.1) is 0 Å². The van der Waals surface area contributed by atoms with Gasteiger partial charge >= 0.3 is 5.97 Å². The highest BCUT2D eigenvalue weighted by Gasteiger charge is 2.35. The second kappa shape index (κ2) is 5.84. The lowest BCUT2D eigenvalue weighted by atomic mass is 10.1. The number of likely N-dealkylation sites (tertiary alicyclic amines) is 1. The van der Waals surface area contributed by atoms with E-state index in [-0.39, 0.29) is 11.7 Å². The summed E-state index contributed by atoms with van der Waals surface area (Å²) in [4.78, 5) is 25.2. The van der Waals surface area contributed by atoms with Gasteiger partial charge in [0.1, 0.15) is 6.04 Å². The second-order valence-electron chi connectivity index (χ2n) is 5.79. The van der Waals surface area contributed by atoms with Gasteiger partial charge in [-0.25, -0.2) is 13.2 Å². The van der Waals surface area contributed by atoms with Gasteiger partial charge in [0.25, 0.3) is 5.91 Å². The number of sulfonamides is 1. The number of benzene rings is 1. The molecule has 0 spiro atoms. The molecule has 2 fully saturated rings. The van der Waals surface area contributed by atoms with E-state index in [1.54, 1.807) is 18.2 Å². The molecule has 0 aromatic heterocycles. The third-order valence-corrected chi connectivity index (χ3v) is 6.15. The Morgan fingerprint density at radius 1 is 1.17 bits per heavy atom. The largest absolute Gasteiger partial charge is 0.480 e. The number of hydrogen-bond acceptors (Lipinski definition) is 4. The fraction of sp³-hybridized carbons (Fsp3) is 0.467. The molecule has 8 heteroatoms. The molecule has 1 atom stereocenters. The summed E-state index contributed by atoms with van der Waals surface area (Å²) in [5.74, 6) is -1.26. The van der Waals surface area contributed by atoms with Crippen molar-refractivity contribution in [2.45, 2.75) is 25.3 Å². The fourth-order valence-corrected chi connectivity index (χ4v) is 4.71. The molecule has 124 valence electrons. The quantitative estimate of drug-likeness (QED) is 0.884. The van der Waals surface area contributed by atoms with E-state index in [2.05, 4.69) is 0 Å². The summed E-state index contributed by atoms with van der Waals surface area (Å²) < 4.78 is 25.3. The maximum atomic E-state index is 12.6. The molecule has 7 nitrogen and oxygen atoms in total. The molecule has 0 aliphatic carbocycles. The number of carboxylic acid groups (broad SMARTS) is 1. The molecule has 0 radical (unpaired) electrons. The van der Waals surface area contributed by atoms with Crippen molar-refractivity contribution < 1.29 is 23.1 Å². The van der Waals surface area contributed by atoms with Crippen LogP contribution in [0.4, 0.5) is 5.69 Å². The molecule has 3 rings (SSSR count). The van der Waals surface area contributed by atoms with Gasteiger partial charge in [-0.15, -0.1) is 0 Å². The van der Waals surface area contributed by atoms with Gasteiger partial charge in [0.2, 0.25) is 10.0 Å². The van der Waals surface area contributed by atoms with Crippen LogP contribution in [0.25, 0.3) is 0 Å². The van der Waals surface area contributed by atoms with E-state index in [9.17, 15) is 23.1 Å². The minimum Gasteiger partial charge on any atom is -0.480 e. The Bertz CT molecular complexity index is 746. The molecule has 1 aromatic carbocycles. The number of hydrogen-bond donors (Lipinski definition) is 1. The molecule has 2 aliphatic rings. The molecular weight excluding hydrogens is 320 g/mol. The van der Waals surface area contributed by atoms with Gasteiger partial charge in [0.15, 0.2) is 0 Å². The van der Waals surface area contributed by atoms with Crippen LogP contribution >= 0.6 is 0 Å². The zero-order chi connectivity index (χ0) is 16.6. The van der Waals surface area contributed by atoms with E-state index < -0.39 is 22.0 Å². The first-order chi connectivity index (χ1) is 10.9. The van der Waals surface area contributed by atoms with Crippen LogP contribution in [0.3, 0.4) is 0 Å². The van der Waals surface area contributed by atoms with Crippen LogP contribution in [0.5, 0.6) is 0 Å². The van der Waals surface area contributed by atoms with Crippen molar-refractivity contribution in [3.8, 4) is 0 Å². The summed E-state index contributed by atoms with van der Waals surface area (Å²) in [5, 5.41) is 9.19. The molecule has 2 saturated heterocycles. The number of carbonyl (C=O) groups is 2. The first-order valence-electron chi connectivity index (χ1n) is 7.54. The number of anilines is 1. The molecule has 1 N–H and O–H groups in total. The minimum atomic E-state index is -3.31. The summed E-state index contributed by atoms with van der Waals surface area (Å²) in [6.07, 6.45) is 1.66. The average molecular weight is 338 g/mol. The van der Waals surface area contributed by atoms with Crippen LogP contribution in [0.2, 0.25) is 0 Å². The Hall–Kier alpha value is -2.09. The molecule has 0 saturated carbocycles. The maximum Gasteiger partial charge on any atom is 0.326 e. The zero-order valence-corrected chi connectivity index (χ0v) is 13.3. The smallest absolute Gasteiger partial charge is 0.326 e. The highest BCUT2D eigenvalue weighted by Crippen LogP contribution is 2.26. The van der Waals surface area contributed by atoms with E-state index in [1.807, 2.05) is 0 Å². The van der Waals surface area contributed by atoms with Crippen molar-refractivity contribution >= 4 is 27.6 Å². The molecule has 1 amide bonds. The van der Waals surface area contributed by atoms with Crippen molar-refractivity contribution in [2.75, 3.05) is 23.1 Å². The Balaban J connectivity index is 1.88. The van der Waals surface area contributed by atoms with Crippen molar-refractivity contribution in [3.63, 3.8) is 0 Å². The van der Waals surface area contributed by atoms with E-state index in [0.29, 0.717) is 43.6 Å². The Morgan fingerprint density at radius 2 is 1.96 bits per heavy atom. The highest BCUT2D eigenvalue weighted by molar-refractivity contribution is 7.93. The molecular formula is C15H18N2O5S. The van der Waals surface area contributed by atoms with Gasteiger partial charge in [-0.2, -0.15) is 0 Å². The topological polar surface area (TPSA) is 95.0 Å². The van der Waals surface area contributed by atoms with Crippen LogP contribution in [-0.4, -0.2) is 55.2 Å². The van der Waals surface area contributed by atoms with Crippen molar-refractivity contribution in [1.29, 1.82) is 0 Å². The van der Waals surface area contributed by atoms with Crippen LogP contribution < -0.4 is 4.31 Å². The van der Waals surface area contributed by atoms with Gasteiger partial charge < -0.3 is 10.0 Å². The Labute approximate surface area is 134 Å². The van der Waals surface area contributed by atoms with Gasteiger partial charge in [-0.3, -0.25) is 9.10 Å². The predicted molar refractivity (Wildman–Crippen MR) is 83.9 cm³/mol. The first kappa shape index (κ1) is 15.8. The van der Waals surface area contributed by atoms with Crippen molar-refractivity contribution in [1.82, 2.24) is 4.90 Å². The Morgan fingerprint density at radius 3 is 2.61 bits per heavy atom. The minimum absolute atomic E-state index is 0.110. The SMILES string of the molecule is O=C(O)[C@H]1CCCN1C(=O)c1cccc(N2CCCS2(=O)=O)c1. The lowest BCUT2D eigenvalue weighted by molar-refractivity contribution is -0.141. The third kappa shape index (κ3) is 2.90. The summed E-state index contributed by atoms with van der Waals surface area (Å²) in [7, 11) is -3.31. The van der Waals surface area contributed by atoms with E-state index in [4.69, 9.17) is 0 Å². The average Bonchev–Trinajstić information content (AvgIpc) is 3.12. The van der Waals surface area contributed by atoms with Gasteiger partial charge in [-0.1, -0.05) is 6.07 Å². The first-order valence-corrected chi connectivity index (χ1v) is 9.15. The zero-order valence-electron chi connectivity index (χ0n) is 12.5. The normalized spacial score (nSPS) is 23.2. The summed E-state index contributed by atoms with van der Waals surface area (Å²) in [6, 6.07) is 5.59. The maximum absolute atomic E-state index is 12.6. The number of nitrogens with zero attached hydrogens (tertiary/aromatic N) is 2. The van der Waals surface area contributed by atoms with Gasteiger partial charge in [0, 0.05) is 18.7 Å². The molecule has 23 heavy (non-hydrogen) atoms. The molecule has 1 aromatic rings. The monoisotopic (exact) mass is 338 g/mol. The number of carboxylic acids is 1. The molecule has 0 bridgehead atoms. The molecule has 2 heterocycles. The second-order valence-corrected chi connectivity index (χ2v) is 7.80. The predicted octanol–water partition coefficient (Wildman–Crippen LogP) is 0.916. The van der Waals surface area contributed by atoms with Gasteiger partial charge in [0.05, 0.1) is 11.4 Å². The lowest BCUT2D eigenvalue weighted by Crippen LogP contribution is -2.40. The summed E-state index contributed by atoms with van der Waals surface area (Å²) >= 11 is 0. The van der Waals surface area contributed by atoms with E-state index >= 15 is 0 Å². The summed E-state index contributed by atoms with van der Waals surface area (Å²) in [6.45, 7) is 0.809. The third-order valence-electron chi connectivity index (χ3n) is 4.28. The standard InChI is InChI=1S/C15H18N2O5S/c18-14(16-7-2-6-13(16)15(19)20)11-4-1-5-12(10-11)17-8-3-9-23(17,21)22/h1,4-5,10,13H,2-3,6-9H2,(H,19,20)/t13-/m1/s1. The molecule has 2 aliphatic heterocycles. The van der Waals surface area contributed by atoms with Gasteiger partial charge in [-0.05, 0) is 37.5 Å². The van der Waals surface area contributed by atoms with Crippen LogP contribution in [0.15, 0.2) is 24.3 Å². The highest BCUT2D eigenvalue weighted by atomic mass is 32.2. The number of rotatable bonds is 3. The summed E-state index contributed by atoms with van der Waals surface area (Å²) in [5.41, 5.74) is 0.775. The molecule has 0 unspecified atom stereocenters. The van der Waals surface area contributed by atoms with Crippen LogP contribution in [-0.2, 0) is 14.8 Å². The number of carbonyl (C=O) groups excluding carboxylic acids is 1. The fourth-order valence-electron chi connectivity index (χ4n) is 3.16. The Kier molecular flexibility index (Phi) is 4.01. The van der Waals surface area contributed by atoms with E-state index in [0.717, 1.165) is 0 Å². The van der Waals surface area contributed by atoms with Crippen molar-refractivity contribution in [3.05, 3.63) is 29.8 Å². The van der Waals surface area contributed by atoms with E-state index in [1.165, 1.54) is 15.3 Å².